The zero-order chi connectivity index (χ0) is 20.3. The van der Waals surface area contributed by atoms with Crippen LogP contribution in [0.1, 0.15) is 43.6 Å². The monoisotopic (exact) mass is 407 g/mol. The van der Waals surface area contributed by atoms with Gasteiger partial charge in [-0.2, -0.15) is 0 Å². The van der Waals surface area contributed by atoms with Gasteiger partial charge < -0.3 is 10.6 Å². The lowest BCUT2D eigenvalue weighted by Crippen LogP contribution is -3.13. The molecule has 2 aromatic rings. The number of tetrazole rings is 1. The maximum atomic E-state index is 12.8. The van der Waals surface area contributed by atoms with Gasteiger partial charge in [-0.15, -0.1) is 5.10 Å². The lowest BCUT2D eigenvalue weighted by Gasteiger charge is -2.32. The molecular formula is C18H27N6O3S+. The molecule has 1 aliphatic rings. The predicted octanol–water partition coefficient (Wildman–Crippen LogP) is -0.356. The van der Waals surface area contributed by atoms with Gasteiger partial charge in [0.25, 0.3) is 0 Å². The van der Waals surface area contributed by atoms with Gasteiger partial charge in [-0.05, 0) is 29.5 Å². The molecule has 1 aromatic heterocycles. The van der Waals surface area contributed by atoms with Crippen molar-refractivity contribution < 1.29 is 18.1 Å². The molecule has 152 valence electrons. The Morgan fingerprint density at radius 2 is 1.93 bits per heavy atom. The van der Waals surface area contributed by atoms with Gasteiger partial charge in [0, 0.05) is 25.2 Å². The van der Waals surface area contributed by atoms with Crippen molar-refractivity contribution in [2.75, 3.05) is 13.1 Å². The topological polar surface area (TPSA) is 125 Å². The van der Waals surface area contributed by atoms with Crippen LogP contribution in [-0.2, 0) is 20.5 Å². The molecule has 1 amide bonds. The first kappa shape index (κ1) is 20.4. The quantitative estimate of drug-likeness (QED) is 0.646. The zero-order valence-electron chi connectivity index (χ0n) is 16.2. The van der Waals surface area contributed by atoms with Crippen LogP contribution in [0.2, 0.25) is 0 Å². The molecule has 0 radical (unpaired) electrons. The lowest BCUT2D eigenvalue weighted by molar-refractivity contribution is -0.938. The van der Waals surface area contributed by atoms with E-state index in [-0.39, 0.29) is 28.6 Å². The molecule has 1 fully saturated rings. The van der Waals surface area contributed by atoms with Crippen molar-refractivity contribution in [2.45, 2.75) is 49.9 Å². The molecule has 28 heavy (non-hydrogen) atoms. The second-order valence-electron chi connectivity index (χ2n) is 7.39. The fourth-order valence-electron chi connectivity index (χ4n) is 3.81. The minimum absolute atomic E-state index is 0.0305. The van der Waals surface area contributed by atoms with Gasteiger partial charge in [0.2, 0.25) is 11.7 Å². The molecule has 0 unspecified atom stereocenters. The number of nitrogens with two attached hydrogens (primary N) is 1. The summed E-state index contributed by atoms with van der Waals surface area (Å²) in [6, 6.07) is 6.72. The predicted molar refractivity (Wildman–Crippen MR) is 102 cm³/mol. The molecule has 0 bridgehead atoms. The number of aryl methyl sites for hydroxylation is 1. The third-order valence-electron chi connectivity index (χ3n) is 5.47. The van der Waals surface area contributed by atoms with Crippen LogP contribution in [0.4, 0.5) is 0 Å². The summed E-state index contributed by atoms with van der Waals surface area (Å²) >= 11 is 0. The van der Waals surface area contributed by atoms with Crippen molar-refractivity contribution in [3.05, 3.63) is 35.7 Å². The minimum atomic E-state index is -3.56. The summed E-state index contributed by atoms with van der Waals surface area (Å²) in [6.45, 7) is 5.50. The maximum Gasteiger partial charge on any atom is 0.220 e. The van der Waals surface area contributed by atoms with Crippen LogP contribution in [-0.4, -0.2) is 47.6 Å². The lowest BCUT2D eigenvalue weighted by atomic mass is 9.94. The normalized spacial score (nSPS) is 21.4. The molecule has 1 atom stereocenters. The van der Waals surface area contributed by atoms with Crippen molar-refractivity contribution in [2.24, 2.45) is 11.7 Å². The fourth-order valence-corrected chi connectivity index (χ4v) is 5.02. The molecule has 1 aromatic carbocycles. The zero-order valence-corrected chi connectivity index (χ0v) is 17.0. The van der Waals surface area contributed by atoms with E-state index in [1.165, 1.54) is 9.58 Å². The van der Waals surface area contributed by atoms with Crippen LogP contribution in [0.25, 0.3) is 0 Å². The summed E-state index contributed by atoms with van der Waals surface area (Å²) in [5.74, 6) is -0.0717. The molecular weight excluding hydrogens is 380 g/mol. The molecule has 3 rings (SSSR count). The van der Waals surface area contributed by atoms with Crippen molar-refractivity contribution in [1.82, 2.24) is 20.2 Å². The Labute approximate surface area is 164 Å². The first-order chi connectivity index (χ1) is 13.3. The number of rotatable bonds is 7. The largest absolute Gasteiger partial charge is 0.369 e. The van der Waals surface area contributed by atoms with E-state index in [0.29, 0.717) is 5.82 Å². The van der Waals surface area contributed by atoms with E-state index in [4.69, 9.17) is 5.73 Å². The number of sulfone groups is 1. The third-order valence-corrected chi connectivity index (χ3v) is 7.05. The molecule has 1 aliphatic heterocycles. The highest BCUT2D eigenvalue weighted by molar-refractivity contribution is 7.90. The Balaban J connectivity index is 1.78. The Kier molecular flexibility index (Phi) is 6.09. The van der Waals surface area contributed by atoms with Crippen LogP contribution in [0.5, 0.6) is 0 Å². The van der Waals surface area contributed by atoms with Crippen molar-refractivity contribution in [1.29, 1.82) is 0 Å². The number of hydrogen-bond donors (Lipinski definition) is 2. The second kappa shape index (κ2) is 8.36. The second-order valence-corrected chi connectivity index (χ2v) is 9.35. The Morgan fingerprint density at radius 3 is 2.50 bits per heavy atom. The average Bonchev–Trinajstić information content (AvgIpc) is 3.10. The number of piperidine rings is 1. The maximum absolute atomic E-state index is 12.8. The number of nitrogens with zero attached hydrogens (tertiary/aromatic N) is 4. The standard InChI is InChI=1S/C18H26N6O3S/c1-3-16(23-10-8-14(9-11-23)17(19)25)18-20-21-22-24(18)12-28(26,27)15-6-4-13(2)5-7-15/h4-7,14,16H,3,8-12H2,1-2H3,(H2,19,25)/p+1/t16-/m0/s1. The van der Waals surface area contributed by atoms with E-state index >= 15 is 0 Å². The van der Waals surface area contributed by atoms with E-state index in [1.54, 1.807) is 24.3 Å². The van der Waals surface area contributed by atoms with Crippen LogP contribution < -0.4 is 10.6 Å². The first-order valence-corrected chi connectivity index (χ1v) is 11.2. The summed E-state index contributed by atoms with van der Waals surface area (Å²) in [4.78, 5) is 12.9. The Hall–Kier alpha value is -2.33. The number of primary amides is 1. The van der Waals surface area contributed by atoms with E-state index in [2.05, 4.69) is 15.5 Å². The first-order valence-electron chi connectivity index (χ1n) is 9.51. The van der Waals surface area contributed by atoms with E-state index in [1.807, 2.05) is 13.8 Å². The number of hydrogen-bond acceptors (Lipinski definition) is 6. The van der Waals surface area contributed by atoms with Gasteiger partial charge in [-0.25, -0.2) is 13.1 Å². The number of likely N-dealkylation sites (tertiary alicyclic amines) is 1. The molecule has 9 nitrogen and oxygen atoms in total. The summed E-state index contributed by atoms with van der Waals surface area (Å²) in [7, 11) is -3.56. The number of benzene rings is 1. The van der Waals surface area contributed by atoms with Crippen LogP contribution in [0, 0.1) is 12.8 Å². The summed E-state index contributed by atoms with van der Waals surface area (Å²) in [5.41, 5.74) is 6.42. The van der Waals surface area contributed by atoms with Crippen molar-refractivity contribution in [3.63, 3.8) is 0 Å². The summed E-state index contributed by atoms with van der Waals surface area (Å²) < 4.78 is 27.0. The SMILES string of the molecule is CC[C@@H](c1nnnn1CS(=O)(=O)c1ccc(C)cc1)[NH+]1CCC(C(N)=O)CC1. The number of nitrogens with one attached hydrogen (secondary N) is 1. The average molecular weight is 408 g/mol. The fraction of sp³-hybridized carbons (Fsp3) is 0.556. The smallest absolute Gasteiger partial charge is 0.220 e. The van der Waals surface area contributed by atoms with Crippen LogP contribution in [0.3, 0.4) is 0 Å². The van der Waals surface area contributed by atoms with Gasteiger partial charge in [0.1, 0.15) is 6.04 Å². The highest BCUT2D eigenvalue weighted by atomic mass is 32.2. The number of carbonyl (C=O) groups is 1. The van der Waals surface area contributed by atoms with Crippen LogP contribution in [0.15, 0.2) is 29.2 Å². The van der Waals surface area contributed by atoms with Crippen LogP contribution >= 0.6 is 0 Å². The third kappa shape index (κ3) is 4.39. The number of aromatic nitrogens is 4. The molecule has 1 saturated heterocycles. The van der Waals surface area contributed by atoms with E-state index in [9.17, 15) is 13.2 Å². The van der Waals surface area contributed by atoms with Gasteiger partial charge in [0.15, 0.2) is 15.7 Å². The molecule has 0 saturated carbocycles. The minimum Gasteiger partial charge on any atom is -0.369 e. The van der Waals surface area contributed by atoms with E-state index < -0.39 is 9.84 Å². The van der Waals surface area contributed by atoms with Gasteiger partial charge in [0.05, 0.1) is 18.0 Å². The molecule has 10 heteroatoms. The van der Waals surface area contributed by atoms with Crippen molar-refractivity contribution in [3.8, 4) is 0 Å². The molecule has 0 aliphatic carbocycles. The highest BCUT2D eigenvalue weighted by Crippen LogP contribution is 2.18. The van der Waals surface area contributed by atoms with Gasteiger partial charge >= 0.3 is 0 Å². The number of quaternary nitrogens is 1. The van der Waals surface area contributed by atoms with Gasteiger partial charge in [-0.3, -0.25) is 4.79 Å². The van der Waals surface area contributed by atoms with Gasteiger partial charge in [-0.1, -0.05) is 24.6 Å². The molecule has 2 heterocycles. The molecule has 3 N–H and O–H groups in total. The summed E-state index contributed by atoms with van der Waals surface area (Å²) in [6.07, 6.45) is 2.22. The highest BCUT2D eigenvalue weighted by Gasteiger charge is 2.34. The number of amides is 1. The Bertz CT molecular complexity index is 917. The Morgan fingerprint density at radius 1 is 1.29 bits per heavy atom. The van der Waals surface area contributed by atoms with Crippen molar-refractivity contribution >= 4 is 15.7 Å². The summed E-state index contributed by atoms with van der Waals surface area (Å²) in [5, 5.41) is 11.8. The number of carbonyl (C=O) groups excluding carboxylic acids is 1. The van der Waals surface area contributed by atoms with E-state index in [0.717, 1.165) is 37.9 Å². The molecule has 0 spiro atoms.